The minimum absolute atomic E-state index is 0.0287. The van der Waals surface area contributed by atoms with Gasteiger partial charge in [0, 0.05) is 7.05 Å². The molecule has 1 amide bonds. The van der Waals surface area contributed by atoms with Crippen molar-refractivity contribution in [3.8, 4) is 0 Å². The summed E-state index contributed by atoms with van der Waals surface area (Å²) in [5.74, 6) is 0.106. The predicted molar refractivity (Wildman–Crippen MR) is 78.4 cm³/mol. The summed E-state index contributed by atoms with van der Waals surface area (Å²) in [7, 11) is 1.72. The van der Waals surface area contributed by atoms with Crippen LogP contribution in [-0.4, -0.2) is 35.9 Å². The molecule has 1 saturated heterocycles. The summed E-state index contributed by atoms with van der Waals surface area (Å²) < 4.78 is 6.51. The van der Waals surface area contributed by atoms with Crippen LogP contribution in [0.1, 0.15) is 65.2 Å². The molecule has 4 nitrogen and oxygen atoms in total. The molecule has 2 atom stereocenters. The fourth-order valence-corrected chi connectivity index (χ4v) is 4.75. The second-order valence-electron chi connectivity index (χ2n) is 6.63. The summed E-state index contributed by atoms with van der Waals surface area (Å²) in [5.41, 5.74) is -1.33. The van der Waals surface area contributed by atoms with Gasteiger partial charge in [0.1, 0.15) is 0 Å². The lowest BCUT2D eigenvalue weighted by Crippen LogP contribution is -2.54. The van der Waals surface area contributed by atoms with E-state index in [1.807, 2.05) is 0 Å². The van der Waals surface area contributed by atoms with E-state index in [9.17, 15) is 9.90 Å². The topological polar surface area (TPSA) is 58.6 Å². The molecule has 116 valence electrons. The maximum atomic E-state index is 12.7. The standard InChI is InChI=1S/C16H29NO3/c1-4-7-16(8-5-2)15(13(19)17-3)10-6-9-14(11-15,12-18)20-16/h18H,4-12H2,1-3H3,(H,17,19)/t14-,15+/m0/s1. The van der Waals surface area contributed by atoms with Crippen molar-refractivity contribution in [3.05, 3.63) is 0 Å². The van der Waals surface area contributed by atoms with E-state index < -0.39 is 16.6 Å². The van der Waals surface area contributed by atoms with Crippen molar-refractivity contribution < 1.29 is 14.6 Å². The van der Waals surface area contributed by atoms with E-state index in [1.54, 1.807) is 7.05 Å². The first kappa shape index (κ1) is 15.8. The van der Waals surface area contributed by atoms with E-state index in [0.29, 0.717) is 6.42 Å². The maximum Gasteiger partial charge on any atom is 0.228 e. The fourth-order valence-electron chi connectivity index (χ4n) is 4.75. The van der Waals surface area contributed by atoms with Crippen molar-refractivity contribution in [3.63, 3.8) is 0 Å². The van der Waals surface area contributed by atoms with Gasteiger partial charge in [-0.1, -0.05) is 26.7 Å². The molecule has 0 unspecified atom stereocenters. The molecule has 0 radical (unpaired) electrons. The number of aliphatic hydroxyl groups is 1. The Morgan fingerprint density at radius 2 is 1.90 bits per heavy atom. The van der Waals surface area contributed by atoms with Crippen LogP contribution in [0.25, 0.3) is 0 Å². The molecule has 1 aliphatic heterocycles. The van der Waals surface area contributed by atoms with Gasteiger partial charge in [-0.2, -0.15) is 0 Å². The normalized spacial score (nSPS) is 35.0. The van der Waals surface area contributed by atoms with Crippen LogP contribution < -0.4 is 5.32 Å². The lowest BCUT2D eigenvalue weighted by Gasteiger charge is -2.43. The summed E-state index contributed by atoms with van der Waals surface area (Å²) in [5, 5.41) is 12.7. The smallest absolute Gasteiger partial charge is 0.228 e. The highest BCUT2D eigenvalue weighted by atomic mass is 16.5. The summed E-state index contributed by atoms with van der Waals surface area (Å²) in [6.07, 6.45) is 7.19. The van der Waals surface area contributed by atoms with Crippen LogP contribution in [0, 0.1) is 5.41 Å². The summed E-state index contributed by atoms with van der Waals surface area (Å²) >= 11 is 0. The Kier molecular flexibility index (Phi) is 4.45. The van der Waals surface area contributed by atoms with Gasteiger partial charge in [-0.05, 0) is 38.5 Å². The fraction of sp³-hybridized carbons (Fsp3) is 0.938. The van der Waals surface area contributed by atoms with Gasteiger partial charge in [-0.25, -0.2) is 0 Å². The third kappa shape index (κ3) is 2.08. The summed E-state index contributed by atoms with van der Waals surface area (Å²) in [6.45, 7) is 4.32. The zero-order valence-electron chi connectivity index (χ0n) is 13.1. The second kappa shape index (κ2) is 5.64. The Morgan fingerprint density at radius 1 is 1.25 bits per heavy atom. The number of carbonyl (C=O) groups is 1. The van der Waals surface area contributed by atoms with Gasteiger partial charge < -0.3 is 15.2 Å². The van der Waals surface area contributed by atoms with Crippen LogP contribution in [0.15, 0.2) is 0 Å². The van der Waals surface area contributed by atoms with Crippen LogP contribution >= 0.6 is 0 Å². The Hall–Kier alpha value is -0.610. The van der Waals surface area contributed by atoms with Gasteiger partial charge in [0.2, 0.25) is 5.91 Å². The van der Waals surface area contributed by atoms with Crippen LogP contribution in [0.5, 0.6) is 0 Å². The van der Waals surface area contributed by atoms with Crippen molar-refractivity contribution in [2.75, 3.05) is 13.7 Å². The van der Waals surface area contributed by atoms with Gasteiger partial charge in [0.25, 0.3) is 0 Å². The van der Waals surface area contributed by atoms with Gasteiger partial charge >= 0.3 is 0 Å². The molecule has 2 N–H and O–H groups in total. The second-order valence-corrected chi connectivity index (χ2v) is 6.63. The molecule has 2 fully saturated rings. The number of hydrogen-bond donors (Lipinski definition) is 2. The van der Waals surface area contributed by atoms with E-state index in [2.05, 4.69) is 19.2 Å². The summed E-state index contributed by atoms with van der Waals surface area (Å²) in [6, 6.07) is 0. The minimum atomic E-state index is -0.491. The van der Waals surface area contributed by atoms with Crippen molar-refractivity contribution in [1.29, 1.82) is 0 Å². The third-order valence-electron chi connectivity index (χ3n) is 5.40. The number of carbonyl (C=O) groups excluding carboxylic acids is 1. The van der Waals surface area contributed by atoms with Crippen LogP contribution in [0.2, 0.25) is 0 Å². The largest absolute Gasteiger partial charge is 0.393 e. The van der Waals surface area contributed by atoms with E-state index in [-0.39, 0.29) is 12.5 Å². The molecule has 20 heavy (non-hydrogen) atoms. The summed E-state index contributed by atoms with van der Waals surface area (Å²) in [4.78, 5) is 12.7. The zero-order chi connectivity index (χ0) is 14.9. The molecule has 1 aliphatic carbocycles. The molecule has 0 spiro atoms. The Morgan fingerprint density at radius 3 is 2.40 bits per heavy atom. The minimum Gasteiger partial charge on any atom is -0.393 e. The third-order valence-corrected chi connectivity index (χ3v) is 5.40. The number of hydrogen-bond acceptors (Lipinski definition) is 3. The van der Waals surface area contributed by atoms with E-state index in [4.69, 9.17) is 4.74 Å². The average molecular weight is 283 g/mol. The first-order chi connectivity index (χ1) is 9.53. The first-order valence-electron chi connectivity index (χ1n) is 8.07. The van der Waals surface area contributed by atoms with Crippen molar-refractivity contribution in [2.45, 2.75) is 76.4 Å². The molecular weight excluding hydrogens is 254 g/mol. The number of rotatable bonds is 6. The number of fused-ring (bicyclic) bond motifs is 2. The molecule has 0 aromatic rings. The maximum absolute atomic E-state index is 12.7. The zero-order valence-corrected chi connectivity index (χ0v) is 13.1. The highest BCUT2D eigenvalue weighted by molar-refractivity contribution is 5.84. The van der Waals surface area contributed by atoms with Crippen molar-refractivity contribution >= 4 is 5.91 Å². The molecule has 4 heteroatoms. The molecule has 2 aliphatic rings. The Labute approximate surface area is 122 Å². The molecule has 1 saturated carbocycles. The number of nitrogens with one attached hydrogen (secondary N) is 1. The monoisotopic (exact) mass is 283 g/mol. The average Bonchev–Trinajstić information content (AvgIpc) is 2.65. The number of ether oxygens (including phenoxy) is 1. The van der Waals surface area contributed by atoms with Crippen molar-refractivity contribution in [2.24, 2.45) is 5.41 Å². The Balaban J connectivity index is 2.48. The van der Waals surface area contributed by atoms with Crippen LogP contribution in [0.3, 0.4) is 0 Å². The highest BCUT2D eigenvalue weighted by Gasteiger charge is 2.68. The van der Waals surface area contributed by atoms with E-state index in [1.165, 1.54) is 0 Å². The molecule has 0 aromatic carbocycles. The SMILES string of the molecule is CCCC1(CCC)O[C@@]2(CO)CCC[C@]1(C(=O)NC)C2. The lowest BCUT2D eigenvalue weighted by molar-refractivity contribution is -0.158. The number of amides is 1. The van der Waals surface area contributed by atoms with Gasteiger partial charge in [0.05, 0.1) is 23.2 Å². The van der Waals surface area contributed by atoms with Gasteiger partial charge in [-0.15, -0.1) is 0 Å². The van der Waals surface area contributed by atoms with Gasteiger partial charge in [-0.3, -0.25) is 4.79 Å². The predicted octanol–water partition coefficient (Wildman–Crippen LogP) is 2.39. The Bertz CT molecular complexity index is 365. The van der Waals surface area contributed by atoms with E-state index in [0.717, 1.165) is 44.9 Å². The first-order valence-corrected chi connectivity index (χ1v) is 8.07. The quantitative estimate of drug-likeness (QED) is 0.787. The molecular formula is C16H29NO3. The van der Waals surface area contributed by atoms with Crippen LogP contribution in [0.4, 0.5) is 0 Å². The number of aliphatic hydroxyl groups excluding tert-OH is 1. The highest BCUT2D eigenvalue weighted by Crippen LogP contribution is 2.62. The molecule has 2 rings (SSSR count). The van der Waals surface area contributed by atoms with Crippen molar-refractivity contribution in [1.82, 2.24) is 5.32 Å². The molecule has 2 bridgehead atoms. The molecule has 0 aromatic heterocycles. The molecule has 1 heterocycles. The lowest BCUT2D eigenvalue weighted by atomic mass is 9.60. The van der Waals surface area contributed by atoms with Gasteiger partial charge in [0.15, 0.2) is 0 Å². The van der Waals surface area contributed by atoms with Crippen LogP contribution in [-0.2, 0) is 9.53 Å². The van der Waals surface area contributed by atoms with E-state index >= 15 is 0 Å².